The minimum Gasteiger partial charge on any atom is -0.497 e. The van der Waals surface area contributed by atoms with Gasteiger partial charge < -0.3 is 20.1 Å². The average Bonchev–Trinajstić information content (AvgIpc) is 2.97. The molecule has 0 aromatic heterocycles. The van der Waals surface area contributed by atoms with Crippen LogP contribution < -0.4 is 21.3 Å². The van der Waals surface area contributed by atoms with Gasteiger partial charge >= 0.3 is 6.03 Å². The first kappa shape index (κ1) is 15.9. The SMILES string of the molecule is COc1ccc(NNC(=O)C2C(OC)CCN2C(N)=O)cc1. The predicted molar refractivity (Wildman–Crippen MR) is 80.3 cm³/mol. The van der Waals surface area contributed by atoms with E-state index in [2.05, 4.69) is 10.9 Å². The number of nitrogens with zero attached hydrogens (tertiary/aromatic N) is 1. The first-order valence-electron chi connectivity index (χ1n) is 6.85. The Labute approximate surface area is 128 Å². The third kappa shape index (κ3) is 3.40. The summed E-state index contributed by atoms with van der Waals surface area (Å²) in [4.78, 5) is 25.0. The maximum Gasteiger partial charge on any atom is 0.315 e. The van der Waals surface area contributed by atoms with Crippen LogP contribution in [0, 0.1) is 0 Å². The number of primary amides is 1. The molecule has 2 atom stereocenters. The standard InChI is InChI=1S/C14H20N4O4/c1-21-10-5-3-9(4-6-10)16-17-13(19)12-11(22-2)7-8-18(12)14(15)20/h3-6,11-12,16H,7-8H2,1-2H3,(H2,15,20)(H,17,19). The molecular weight excluding hydrogens is 288 g/mol. The third-order valence-electron chi connectivity index (χ3n) is 3.62. The summed E-state index contributed by atoms with van der Waals surface area (Å²) in [7, 11) is 3.08. The lowest BCUT2D eigenvalue weighted by atomic mass is 10.1. The van der Waals surface area contributed by atoms with Gasteiger partial charge in [-0.05, 0) is 30.7 Å². The highest BCUT2D eigenvalue weighted by atomic mass is 16.5. The summed E-state index contributed by atoms with van der Waals surface area (Å²) in [5, 5.41) is 0. The topological polar surface area (TPSA) is 106 Å². The minimum absolute atomic E-state index is 0.370. The van der Waals surface area contributed by atoms with Gasteiger partial charge in [0.2, 0.25) is 0 Å². The van der Waals surface area contributed by atoms with E-state index < -0.39 is 12.1 Å². The van der Waals surface area contributed by atoms with E-state index >= 15 is 0 Å². The van der Waals surface area contributed by atoms with Crippen molar-refractivity contribution in [1.29, 1.82) is 0 Å². The van der Waals surface area contributed by atoms with E-state index in [1.54, 1.807) is 31.4 Å². The lowest BCUT2D eigenvalue weighted by molar-refractivity contribution is -0.127. The smallest absolute Gasteiger partial charge is 0.315 e. The molecule has 2 rings (SSSR count). The van der Waals surface area contributed by atoms with Crippen molar-refractivity contribution in [1.82, 2.24) is 10.3 Å². The molecule has 3 amide bonds. The fourth-order valence-corrected chi connectivity index (χ4v) is 2.45. The van der Waals surface area contributed by atoms with Gasteiger partial charge in [0.15, 0.2) is 0 Å². The molecule has 0 radical (unpaired) electrons. The predicted octanol–water partition coefficient (Wildman–Crippen LogP) is 0.306. The molecule has 1 aliphatic heterocycles. The molecule has 0 aliphatic carbocycles. The molecule has 1 saturated heterocycles. The van der Waals surface area contributed by atoms with E-state index in [-0.39, 0.29) is 12.0 Å². The van der Waals surface area contributed by atoms with Crippen LogP contribution in [0.3, 0.4) is 0 Å². The summed E-state index contributed by atoms with van der Waals surface area (Å²) in [6.45, 7) is 0.397. The second-order valence-corrected chi connectivity index (χ2v) is 4.88. The Balaban J connectivity index is 1.98. The molecule has 1 aromatic rings. The summed E-state index contributed by atoms with van der Waals surface area (Å²) >= 11 is 0. The number of likely N-dealkylation sites (tertiary alicyclic amines) is 1. The Hall–Kier alpha value is -2.48. The van der Waals surface area contributed by atoms with Gasteiger partial charge in [-0.2, -0.15) is 0 Å². The number of amides is 3. The van der Waals surface area contributed by atoms with Crippen molar-refractivity contribution in [2.45, 2.75) is 18.6 Å². The lowest BCUT2D eigenvalue weighted by Crippen LogP contribution is -2.53. The Morgan fingerprint density at radius 2 is 1.95 bits per heavy atom. The van der Waals surface area contributed by atoms with Gasteiger partial charge in [-0.1, -0.05) is 0 Å². The maximum absolute atomic E-state index is 12.3. The summed E-state index contributed by atoms with van der Waals surface area (Å²) < 4.78 is 10.3. The number of ether oxygens (including phenoxy) is 2. The van der Waals surface area contributed by atoms with Crippen molar-refractivity contribution in [2.24, 2.45) is 5.73 Å². The molecule has 1 heterocycles. The fraction of sp³-hybridized carbons (Fsp3) is 0.429. The van der Waals surface area contributed by atoms with E-state index in [1.165, 1.54) is 12.0 Å². The number of nitrogens with two attached hydrogens (primary N) is 1. The first-order chi connectivity index (χ1) is 10.6. The molecule has 1 fully saturated rings. The van der Waals surface area contributed by atoms with Crippen molar-refractivity contribution in [3.05, 3.63) is 24.3 Å². The van der Waals surface area contributed by atoms with E-state index in [9.17, 15) is 9.59 Å². The number of nitrogens with one attached hydrogen (secondary N) is 2. The summed E-state index contributed by atoms with van der Waals surface area (Å²) in [5.74, 6) is 0.339. The Morgan fingerprint density at radius 1 is 1.27 bits per heavy atom. The summed E-state index contributed by atoms with van der Waals surface area (Å²) in [6, 6.07) is 5.66. The minimum atomic E-state index is -0.742. The van der Waals surface area contributed by atoms with Gasteiger partial charge in [-0.3, -0.25) is 15.6 Å². The van der Waals surface area contributed by atoms with E-state index in [0.29, 0.717) is 24.4 Å². The van der Waals surface area contributed by atoms with Crippen LogP contribution in [-0.2, 0) is 9.53 Å². The molecule has 120 valence electrons. The highest BCUT2D eigenvalue weighted by molar-refractivity contribution is 5.88. The molecule has 4 N–H and O–H groups in total. The zero-order chi connectivity index (χ0) is 16.1. The van der Waals surface area contributed by atoms with Crippen molar-refractivity contribution in [3.8, 4) is 5.75 Å². The average molecular weight is 308 g/mol. The van der Waals surface area contributed by atoms with Crippen LogP contribution in [0.1, 0.15) is 6.42 Å². The molecule has 8 heteroatoms. The van der Waals surface area contributed by atoms with E-state index in [4.69, 9.17) is 15.2 Å². The molecule has 22 heavy (non-hydrogen) atoms. The number of hydrazine groups is 1. The van der Waals surface area contributed by atoms with Crippen LogP contribution in [0.25, 0.3) is 0 Å². The quantitative estimate of drug-likeness (QED) is 0.679. The molecule has 0 saturated carbocycles. The second-order valence-electron chi connectivity index (χ2n) is 4.88. The molecule has 0 spiro atoms. The molecule has 1 aliphatic rings. The number of rotatable bonds is 5. The largest absolute Gasteiger partial charge is 0.497 e. The number of carbonyl (C=O) groups excluding carboxylic acids is 2. The van der Waals surface area contributed by atoms with E-state index in [1.807, 2.05) is 0 Å². The van der Waals surface area contributed by atoms with Gasteiger partial charge in [0.05, 0.1) is 18.9 Å². The van der Waals surface area contributed by atoms with Crippen molar-refractivity contribution < 1.29 is 19.1 Å². The molecule has 1 aromatic carbocycles. The van der Waals surface area contributed by atoms with Crippen LogP contribution in [0.15, 0.2) is 24.3 Å². The van der Waals surface area contributed by atoms with E-state index in [0.717, 1.165) is 0 Å². The first-order valence-corrected chi connectivity index (χ1v) is 6.85. The van der Waals surface area contributed by atoms with Crippen LogP contribution in [0.4, 0.5) is 10.5 Å². The maximum atomic E-state index is 12.3. The molecule has 0 bridgehead atoms. The molecular formula is C14H20N4O4. The van der Waals surface area contributed by atoms with Crippen molar-refractivity contribution in [2.75, 3.05) is 26.2 Å². The number of hydrogen-bond acceptors (Lipinski definition) is 5. The fourth-order valence-electron chi connectivity index (χ4n) is 2.45. The van der Waals surface area contributed by atoms with Gasteiger partial charge in [0.1, 0.15) is 11.8 Å². The normalized spacial score (nSPS) is 20.5. The highest BCUT2D eigenvalue weighted by Crippen LogP contribution is 2.20. The van der Waals surface area contributed by atoms with Crippen molar-refractivity contribution in [3.63, 3.8) is 0 Å². The Morgan fingerprint density at radius 3 is 2.50 bits per heavy atom. The summed E-state index contributed by atoms with van der Waals surface area (Å²) in [6.07, 6.45) is 0.199. The van der Waals surface area contributed by atoms with Crippen molar-refractivity contribution >= 4 is 17.6 Å². The molecule has 2 unspecified atom stereocenters. The number of benzene rings is 1. The Bertz CT molecular complexity index is 534. The zero-order valence-electron chi connectivity index (χ0n) is 12.5. The van der Waals surface area contributed by atoms with Crippen LogP contribution in [0.2, 0.25) is 0 Å². The number of anilines is 1. The zero-order valence-corrected chi connectivity index (χ0v) is 12.5. The van der Waals surface area contributed by atoms with Gasteiger partial charge in [0, 0.05) is 13.7 Å². The lowest BCUT2D eigenvalue weighted by Gasteiger charge is -2.25. The Kier molecular flexibility index (Phi) is 5.05. The van der Waals surface area contributed by atoms with Gasteiger partial charge in [0.25, 0.3) is 5.91 Å². The van der Waals surface area contributed by atoms with Crippen LogP contribution >= 0.6 is 0 Å². The van der Waals surface area contributed by atoms with Crippen LogP contribution in [-0.4, -0.2) is 49.7 Å². The van der Waals surface area contributed by atoms with Gasteiger partial charge in [-0.25, -0.2) is 4.79 Å². The third-order valence-corrected chi connectivity index (χ3v) is 3.62. The molecule has 8 nitrogen and oxygen atoms in total. The monoisotopic (exact) mass is 308 g/mol. The highest BCUT2D eigenvalue weighted by Gasteiger charge is 2.41. The second kappa shape index (κ2) is 6.99. The summed E-state index contributed by atoms with van der Waals surface area (Å²) in [5.41, 5.74) is 11.3. The number of hydrogen-bond donors (Lipinski definition) is 3. The van der Waals surface area contributed by atoms with Gasteiger partial charge in [-0.15, -0.1) is 0 Å². The van der Waals surface area contributed by atoms with Crippen LogP contribution in [0.5, 0.6) is 5.75 Å². The number of carbonyl (C=O) groups is 2. The number of urea groups is 1. The number of methoxy groups -OCH3 is 2.